The van der Waals surface area contributed by atoms with E-state index in [9.17, 15) is 4.79 Å². The van der Waals surface area contributed by atoms with Gasteiger partial charge in [-0.15, -0.1) is 0 Å². The van der Waals surface area contributed by atoms with E-state index in [1.165, 1.54) is 0 Å². The van der Waals surface area contributed by atoms with Crippen LogP contribution in [0.5, 0.6) is 0 Å². The van der Waals surface area contributed by atoms with E-state index in [2.05, 4.69) is 26.9 Å². The number of amides is 1. The highest BCUT2D eigenvalue weighted by atomic mass is 16.5. The molecule has 1 aliphatic rings. The van der Waals surface area contributed by atoms with Gasteiger partial charge < -0.3 is 14.6 Å². The third kappa shape index (κ3) is 3.44. The fourth-order valence-electron chi connectivity index (χ4n) is 3.07. The lowest BCUT2D eigenvalue weighted by molar-refractivity contribution is 0.0498. The number of imidazole rings is 1. The maximum Gasteiger partial charge on any atom is 0.255 e. The summed E-state index contributed by atoms with van der Waals surface area (Å²) in [5.41, 5.74) is 0.569. The maximum absolute atomic E-state index is 12.6. The summed E-state index contributed by atoms with van der Waals surface area (Å²) in [4.78, 5) is 17.1. The lowest BCUT2D eigenvalue weighted by Gasteiger charge is -2.30. The minimum atomic E-state index is -0.111. The van der Waals surface area contributed by atoms with Crippen LogP contribution in [0.1, 0.15) is 42.0 Å². The molecule has 124 valence electrons. The molecular weight excluding hydrogens is 294 g/mol. The predicted octanol–water partition coefficient (Wildman–Crippen LogP) is 1.53. The van der Waals surface area contributed by atoms with Gasteiger partial charge in [0.25, 0.3) is 5.91 Å². The Kier molecular flexibility index (Phi) is 4.76. The first kappa shape index (κ1) is 15.7. The molecule has 0 bridgehead atoms. The molecule has 1 aliphatic heterocycles. The van der Waals surface area contributed by atoms with Crippen LogP contribution in [-0.2, 0) is 18.3 Å². The number of rotatable bonds is 5. The summed E-state index contributed by atoms with van der Waals surface area (Å²) < 4.78 is 9.18. The van der Waals surface area contributed by atoms with Crippen molar-refractivity contribution >= 4 is 5.91 Å². The van der Waals surface area contributed by atoms with Crippen molar-refractivity contribution in [3.8, 4) is 0 Å². The molecule has 3 heterocycles. The summed E-state index contributed by atoms with van der Waals surface area (Å²) in [5.74, 6) is 1.13. The van der Waals surface area contributed by atoms with Crippen LogP contribution >= 0.6 is 0 Å². The number of ether oxygens (including phenoxy) is 1. The van der Waals surface area contributed by atoms with E-state index < -0.39 is 0 Å². The first-order chi connectivity index (χ1) is 11.2. The molecular formula is C16H23N5O2. The Morgan fingerprint density at radius 1 is 1.48 bits per heavy atom. The third-order valence-electron chi connectivity index (χ3n) is 4.36. The van der Waals surface area contributed by atoms with Gasteiger partial charge in [-0.05, 0) is 25.7 Å². The van der Waals surface area contributed by atoms with E-state index in [4.69, 9.17) is 4.74 Å². The van der Waals surface area contributed by atoms with E-state index in [1.54, 1.807) is 30.3 Å². The summed E-state index contributed by atoms with van der Waals surface area (Å²) in [7, 11) is 1.80. The van der Waals surface area contributed by atoms with Crippen molar-refractivity contribution in [2.45, 2.75) is 32.4 Å². The monoisotopic (exact) mass is 317 g/mol. The highest BCUT2D eigenvalue weighted by molar-refractivity contribution is 5.93. The predicted molar refractivity (Wildman–Crippen MR) is 84.9 cm³/mol. The molecule has 23 heavy (non-hydrogen) atoms. The molecule has 0 radical (unpaired) electrons. The number of hydrogen-bond donors (Lipinski definition) is 1. The maximum atomic E-state index is 12.6. The van der Waals surface area contributed by atoms with Crippen LogP contribution in [0, 0.1) is 5.92 Å². The number of carbonyl (C=O) groups is 1. The Hall–Kier alpha value is -2.15. The van der Waals surface area contributed by atoms with Crippen LogP contribution in [-0.4, -0.2) is 38.5 Å². The summed E-state index contributed by atoms with van der Waals surface area (Å²) in [5, 5.41) is 7.23. The second-order valence-corrected chi connectivity index (χ2v) is 5.88. The SMILES string of the molecule is CCn1ccnc1C(NC(=O)c1cnn(C)c1)C1CCOCC1. The number of carbonyl (C=O) groups excluding carboxylic acids is 1. The quantitative estimate of drug-likeness (QED) is 0.907. The smallest absolute Gasteiger partial charge is 0.255 e. The van der Waals surface area contributed by atoms with Crippen LogP contribution in [0.2, 0.25) is 0 Å². The highest BCUT2D eigenvalue weighted by Gasteiger charge is 2.30. The molecule has 0 aromatic carbocycles. The molecule has 1 fully saturated rings. The molecule has 1 saturated heterocycles. The molecule has 7 nitrogen and oxygen atoms in total. The topological polar surface area (TPSA) is 74.0 Å². The van der Waals surface area contributed by atoms with E-state index in [0.29, 0.717) is 11.5 Å². The van der Waals surface area contributed by atoms with Gasteiger partial charge >= 0.3 is 0 Å². The number of hydrogen-bond acceptors (Lipinski definition) is 4. The molecule has 0 spiro atoms. The molecule has 0 aliphatic carbocycles. The van der Waals surface area contributed by atoms with Gasteiger partial charge in [-0.25, -0.2) is 4.98 Å². The van der Waals surface area contributed by atoms with Gasteiger partial charge in [0.1, 0.15) is 5.82 Å². The normalized spacial score (nSPS) is 17.1. The second-order valence-electron chi connectivity index (χ2n) is 5.88. The first-order valence-electron chi connectivity index (χ1n) is 8.07. The molecule has 2 aromatic heterocycles. The van der Waals surface area contributed by atoms with Gasteiger partial charge in [0.15, 0.2) is 0 Å². The van der Waals surface area contributed by atoms with E-state index in [-0.39, 0.29) is 11.9 Å². The Morgan fingerprint density at radius 3 is 2.91 bits per heavy atom. The number of nitrogens with zero attached hydrogens (tertiary/aromatic N) is 4. The van der Waals surface area contributed by atoms with Gasteiger partial charge in [-0.2, -0.15) is 5.10 Å². The van der Waals surface area contributed by atoms with Crippen molar-refractivity contribution in [3.63, 3.8) is 0 Å². The number of aromatic nitrogens is 4. The van der Waals surface area contributed by atoms with Gasteiger partial charge in [-0.1, -0.05) is 0 Å². The number of nitrogens with one attached hydrogen (secondary N) is 1. The fraction of sp³-hybridized carbons (Fsp3) is 0.562. The third-order valence-corrected chi connectivity index (χ3v) is 4.36. The van der Waals surface area contributed by atoms with Crippen LogP contribution < -0.4 is 5.32 Å². The Morgan fingerprint density at radius 2 is 2.26 bits per heavy atom. The lowest BCUT2D eigenvalue weighted by Crippen LogP contribution is -2.37. The molecule has 7 heteroatoms. The van der Waals surface area contributed by atoms with Crippen molar-refractivity contribution in [2.75, 3.05) is 13.2 Å². The Labute approximate surface area is 135 Å². The Bertz CT molecular complexity index is 657. The van der Waals surface area contributed by atoms with E-state index >= 15 is 0 Å². The lowest BCUT2D eigenvalue weighted by atomic mass is 9.91. The van der Waals surface area contributed by atoms with Crippen molar-refractivity contribution in [1.82, 2.24) is 24.6 Å². The minimum Gasteiger partial charge on any atom is -0.381 e. The van der Waals surface area contributed by atoms with Gasteiger partial charge in [0, 0.05) is 45.4 Å². The fourth-order valence-corrected chi connectivity index (χ4v) is 3.07. The summed E-state index contributed by atoms with van der Waals surface area (Å²) in [6.07, 6.45) is 8.91. The van der Waals surface area contributed by atoms with Crippen LogP contribution in [0.3, 0.4) is 0 Å². The zero-order valence-electron chi connectivity index (χ0n) is 13.6. The standard InChI is InChI=1S/C16H23N5O2/c1-3-21-7-6-17-15(21)14(12-4-8-23-9-5-12)19-16(22)13-10-18-20(2)11-13/h6-7,10-12,14H,3-5,8-9H2,1-2H3,(H,19,22). The van der Waals surface area contributed by atoms with E-state index in [1.807, 2.05) is 6.20 Å². The molecule has 1 atom stereocenters. The van der Waals surface area contributed by atoms with Gasteiger partial charge in [-0.3, -0.25) is 9.48 Å². The summed E-state index contributed by atoms with van der Waals surface area (Å²) in [6.45, 7) is 4.38. The van der Waals surface area contributed by atoms with E-state index in [0.717, 1.165) is 38.4 Å². The Balaban J connectivity index is 1.84. The molecule has 1 unspecified atom stereocenters. The first-order valence-corrected chi connectivity index (χ1v) is 8.07. The summed E-state index contributed by atoms with van der Waals surface area (Å²) >= 11 is 0. The number of aryl methyl sites for hydroxylation is 2. The average molecular weight is 317 g/mol. The zero-order chi connectivity index (χ0) is 16.2. The molecule has 1 N–H and O–H groups in total. The molecule has 3 rings (SSSR count). The van der Waals surface area contributed by atoms with Crippen LogP contribution in [0.4, 0.5) is 0 Å². The van der Waals surface area contributed by atoms with Crippen LogP contribution in [0.15, 0.2) is 24.8 Å². The van der Waals surface area contributed by atoms with Crippen molar-refractivity contribution in [1.29, 1.82) is 0 Å². The molecule has 2 aromatic rings. The van der Waals surface area contributed by atoms with Crippen molar-refractivity contribution in [3.05, 3.63) is 36.2 Å². The zero-order valence-corrected chi connectivity index (χ0v) is 13.6. The van der Waals surface area contributed by atoms with Gasteiger partial charge in [0.2, 0.25) is 0 Å². The second kappa shape index (κ2) is 6.95. The minimum absolute atomic E-state index is 0.110. The molecule has 1 amide bonds. The highest BCUT2D eigenvalue weighted by Crippen LogP contribution is 2.29. The van der Waals surface area contributed by atoms with Gasteiger partial charge in [0.05, 0.1) is 17.8 Å². The van der Waals surface area contributed by atoms with Crippen molar-refractivity contribution in [2.24, 2.45) is 13.0 Å². The average Bonchev–Trinajstić information content (AvgIpc) is 3.21. The summed E-state index contributed by atoms with van der Waals surface area (Å²) in [6, 6.07) is -0.110. The largest absolute Gasteiger partial charge is 0.381 e. The molecule has 0 saturated carbocycles. The van der Waals surface area contributed by atoms with Crippen molar-refractivity contribution < 1.29 is 9.53 Å². The van der Waals surface area contributed by atoms with Crippen LogP contribution in [0.25, 0.3) is 0 Å².